The van der Waals surface area contributed by atoms with E-state index >= 15 is 0 Å². The third-order valence-electron chi connectivity index (χ3n) is 2.92. The fraction of sp³-hybridized carbons (Fsp3) is 0.133. The van der Waals surface area contributed by atoms with Crippen LogP contribution in [0.1, 0.15) is 22.8 Å². The largest absolute Gasteiger partial charge is 0.295 e. The lowest BCUT2D eigenvalue weighted by Crippen LogP contribution is -2.05. The Morgan fingerprint density at radius 2 is 1.95 bits per heavy atom. The molecule has 22 heavy (non-hydrogen) atoms. The van der Waals surface area contributed by atoms with Crippen LogP contribution in [0, 0.1) is 0 Å². The van der Waals surface area contributed by atoms with Crippen molar-refractivity contribution in [3.63, 3.8) is 0 Å². The number of carbonyl (C=O) groups excluding carboxylic acids is 1. The number of thioether (sulfide) groups is 1. The lowest BCUT2D eigenvalue weighted by atomic mass is 10.1. The number of halogens is 1. The summed E-state index contributed by atoms with van der Waals surface area (Å²) in [6.07, 6.45) is 0. The minimum absolute atomic E-state index is 0.0468. The zero-order chi connectivity index (χ0) is 16.1. The maximum absolute atomic E-state index is 11.5. The molecule has 0 spiro atoms. The molecule has 0 saturated heterocycles. The van der Waals surface area contributed by atoms with Crippen LogP contribution in [-0.4, -0.2) is 14.5 Å². The second kappa shape index (κ2) is 7.78. The number of nitrogens with one attached hydrogen (secondary N) is 1. The maximum atomic E-state index is 11.5. The number of anilines is 1. The predicted octanol–water partition coefficient (Wildman–Crippen LogP) is 4.38. The summed E-state index contributed by atoms with van der Waals surface area (Å²) < 4.78 is 22.4. The molecule has 0 fully saturated rings. The summed E-state index contributed by atoms with van der Waals surface area (Å²) in [7, 11) is 0. The van der Waals surface area contributed by atoms with Gasteiger partial charge >= 0.3 is 0 Å². The van der Waals surface area contributed by atoms with Gasteiger partial charge in [-0.1, -0.05) is 11.6 Å². The first kappa shape index (κ1) is 17.0. The average molecular weight is 356 g/mol. The van der Waals surface area contributed by atoms with E-state index in [9.17, 15) is 9.00 Å². The van der Waals surface area contributed by atoms with E-state index in [2.05, 4.69) is 4.72 Å². The lowest BCUT2D eigenvalue weighted by molar-refractivity contribution is 0.101. The van der Waals surface area contributed by atoms with Gasteiger partial charge in [-0.3, -0.25) is 14.1 Å². The zero-order valence-electron chi connectivity index (χ0n) is 11.7. The molecule has 1 atom stereocenters. The summed E-state index contributed by atoms with van der Waals surface area (Å²) in [5.41, 5.74) is 1.89. The minimum atomic E-state index is -2.16. The number of rotatable bonds is 6. The summed E-state index contributed by atoms with van der Waals surface area (Å²) in [6, 6.07) is 12.4. The first-order valence-electron chi connectivity index (χ1n) is 6.35. The Labute approximate surface area is 140 Å². The molecule has 0 saturated carbocycles. The van der Waals surface area contributed by atoms with Gasteiger partial charge in [-0.15, -0.1) is 11.8 Å². The number of hydrogen-bond acceptors (Lipinski definition) is 3. The molecule has 0 aliphatic carbocycles. The van der Waals surface area contributed by atoms with Crippen molar-refractivity contribution < 1.29 is 13.6 Å². The normalized spacial score (nSPS) is 12.0. The van der Waals surface area contributed by atoms with E-state index in [1.165, 1.54) is 6.92 Å². The van der Waals surface area contributed by atoms with Gasteiger partial charge in [0, 0.05) is 21.2 Å². The van der Waals surface area contributed by atoms with E-state index in [0.717, 1.165) is 10.5 Å². The van der Waals surface area contributed by atoms with Crippen molar-refractivity contribution in [1.82, 2.24) is 0 Å². The predicted molar refractivity (Wildman–Crippen MR) is 91.9 cm³/mol. The van der Waals surface area contributed by atoms with Gasteiger partial charge < -0.3 is 0 Å². The van der Waals surface area contributed by atoms with Crippen molar-refractivity contribution in [3.8, 4) is 0 Å². The Morgan fingerprint density at radius 3 is 2.55 bits per heavy atom. The number of hydrogen-bond donors (Lipinski definition) is 2. The van der Waals surface area contributed by atoms with Crippen LogP contribution in [0.4, 0.5) is 5.69 Å². The first-order valence-corrected chi connectivity index (χ1v) is 8.82. The van der Waals surface area contributed by atoms with Crippen molar-refractivity contribution in [2.45, 2.75) is 17.6 Å². The molecule has 0 heterocycles. The molecule has 2 rings (SSSR count). The molecule has 0 aliphatic heterocycles. The van der Waals surface area contributed by atoms with Crippen LogP contribution in [0.15, 0.2) is 47.4 Å². The quantitative estimate of drug-likeness (QED) is 0.458. The smallest absolute Gasteiger partial charge is 0.259 e. The van der Waals surface area contributed by atoms with Crippen molar-refractivity contribution in [3.05, 3.63) is 58.6 Å². The Bertz CT molecular complexity index is 704. The Kier molecular flexibility index (Phi) is 6.02. The van der Waals surface area contributed by atoms with Crippen LogP contribution in [-0.2, 0) is 17.0 Å². The third-order valence-corrected chi connectivity index (χ3v) is 4.62. The van der Waals surface area contributed by atoms with Gasteiger partial charge in [-0.25, -0.2) is 4.21 Å². The van der Waals surface area contributed by atoms with Crippen molar-refractivity contribution >= 4 is 46.1 Å². The molecule has 116 valence electrons. The van der Waals surface area contributed by atoms with Crippen LogP contribution >= 0.6 is 23.4 Å². The molecule has 2 aromatic rings. The summed E-state index contributed by atoms with van der Waals surface area (Å²) in [4.78, 5) is 12.5. The third kappa shape index (κ3) is 4.84. The van der Waals surface area contributed by atoms with E-state index in [-0.39, 0.29) is 5.78 Å². The molecule has 0 aromatic heterocycles. The van der Waals surface area contributed by atoms with Gasteiger partial charge in [0.25, 0.3) is 11.3 Å². The molecule has 1 unspecified atom stereocenters. The van der Waals surface area contributed by atoms with Gasteiger partial charge in [-0.2, -0.15) is 0 Å². The lowest BCUT2D eigenvalue weighted by Gasteiger charge is -2.11. The summed E-state index contributed by atoms with van der Waals surface area (Å²) in [5.74, 6) is 0.511. The second-order valence-corrected chi connectivity index (χ2v) is 6.71. The van der Waals surface area contributed by atoms with Crippen LogP contribution in [0.3, 0.4) is 0 Å². The number of ketones is 1. The first-order chi connectivity index (χ1) is 10.5. The monoisotopic (exact) mass is 355 g/mol. The summed E-state index contributed by atoms with van der Waals surface area (Å²) in [6.45, 7) is 1.49. The van der Waals surface area contributed by atoms with Crippen molar-refractivity contribution in [1.29, 1.82) is 0 Å². The molecule has 0 radical (unpaired) electrons. The zero-order valence-corrected chi connectivity index (χ0v) is 14.1. The van der Waals surface area contributed by atoms with Gasteiger partial charge in [0.05, 0.1) is 5.69 Å². The second-order valence-electron chi connectivity index (χ2n) is 4.52. The topological polar surface area (TPSA) is 66.4 Å². The van der Waals surface area contributed by atoms with E-state index in [0.29, 0.717) is 22.0 Å². The molecular formula is C15H14ClNO3S2. The molecule has 4 nitrogen and oxygen atoms in total. The van der Waals surface area contributed by atoms with E-state index in [1.54, 1.807) is 42.1 Å². The highest BCUT2D eigenvalue weighted by Gasteiger charge is 2.09. The average Bonchev–Trinajstić information content (AvgIpc) is 2.47. The summed E-state index contributed by atoms with van der Waals surface area (Å²) >= 11 is 5.25. The number of Topliss-reactive ketones (excluding diaryl/α,β-unsaturated/α-hetero) is 1. The highest BCUT2D eigenvalue weighted by molar-refractivity contribution is 7.98. The standard InChI is InChI=1S/C15H14ClNO3S2/c1-10(18)11-2-7-15(17-22(19)20)12(8-11)9-21-14-5-3-13(16)4-6-14/h2-8,17H,9H2,1H3,(H,19,20). The fourth-order valence-electron chi connectivity index (χ4n) is 1.82. The van der Waals surface area contributed by atoms with Crippen LogP contribution < -0.4 is 4.72 Å². The Morgan fingerprint density at radius 1 is 1.27 bits per heavy atom. The maximum Gasteiger partial charge on any atom is 0.259 e. The van der Waals surface area contributed by atoms with E-state index in [4.69, 9.17) is 16.2 Å². The molecule has 0 amide bonds. The molecule has 2 aromatic carbocycles. The van der Waals surface area contributed by atoms with Gasteiger partial charge in [0.15, 0.2) is 5.78 Å². The molecule has 2 N–H and O–H groups in total. The minimum Gasteiger partial charge on any atom is -0.295 e. The molecule has 0 aliphatic rings. The van der Waals surface area contributed by atoms with E-state index < -0.39 is 11.3 Å². The van der Waals surface area contributed by atoms with E-state index in [1.807, 2.05) is 12.1 Å². The summed E-state index contributed by atoms with van der Waals surface area (Å²) in [5, 5.41) is 0.668. The number of carbonyl (C=O) groups is 1. The SMILES string of the molecule is CC(=O)c1ccc(NS(=O)O)c(CSc2ccc(Cl)cc2)c1. The number of benzene rings is 2. The van der Waals surface area contributed by atoms with Gasteiger partial charge in [0.2, 0.25) is 0 Å². The highest BCUT2D eigenvalue weighted by Crippen LogP contribution is 2.28. The fourth-order valence-corrected chi connectivity index (χ4v) is 3.22. The highest BCUT2D eigenvalue weighted by atomic mass is 35.5. The molecule has 0 bridgehead atoms. The van der Waals surface area contributed by atoms with Crippen LogP contribution in [0.5, 0.6) is 0 Å². The Balaban J connectivity index is 2.22. The van der Waals surface area contributed by atoms with Crippen LogP contribution in [0.25, 0.3) is 0 Å². The van der Waals surface area contributed by atoms with Crippen LogP contribution in [0.2, 0.25) is 5.02 Å². The Hall–Kier alpha value is -1.34. The molecular weight excluding hydrogens is 342 g/mol. The van der Waals surface area contributed by atoms with Gasteiger partial charge in [-0.05, 0) is 55.0 Å². The van der Waals surface area contributed by atoms with Crippen molar-refractivity contribution in [2.24, 2.45) is 0 Å². The van der Waals surface area contributed by atoms with Gasteiger partial charge in [0.1, 0.15) is 0 Å². The van der Waals surface area contributed by atoms with Crippen molar-refractivity contribution in [2.75, 3.05) is 4.72 Å². The molecule has 7 heteroatoms.